The Morgan fingerprint density at radius 1 is 1.12 bits per heavy atom. The van der Waals surface area contributed by atoms with Crippen molar-refractivity contribution in [1.82, 2.24) is 15.2 Å². The quantitative estimate of drug-likeness (QED) is 0.485. The smallest absolute Gasteiger partial charge is 0.317 e. The molecule has 2 amide bonds. The van der Waals surface area contributed by atoms with E-state index in [-0.39, 0.29) is 42.0 Å². The van der Waals surface area contributed by atoms with Crippen LogP contribution in [-0.4, -0.2) is 46.8 Å². The van der Waals surface area contributed by atoms with Crippen molar-refractivity contribution in [2.45, 2.75) is 50.6 Å². The van der Waals surface area contributed by atoms with Crippen LogP contribution in [0.1, 0.15) is 44.1 Å². The Bertz CT molecular complexity index is 1140. The number of hydrogen-bond acceptors (Lipinski definition) is 2. The van der Waals surface area contributed by atoms with Crippen molar-refractivity contribution in [3.63, 3.8) is 0 Å². The fourth-order valence-corrected chi connectivity index (χ4v) is 4.63. The van der Waals surface area contributed by atoms with Gasteiger partial charge in [0.25, 0.3) is 0 Å². The number of aromatic amines is 1. The van der Waals surface area contributed by atoms with Crippen molar-refractivity contribution in [3.05, 3.63) is 59.4 Å². The second-order valence-corrected chi connectivity index (χ2v) is 8.87. The van der Waals surface area contributed by atoms with Gasteiger partial charge in [-0.3, -0.25) is 0 Å². The van der Waals surface area contributed by atoms with Crippen molar-refractivity contribution < 1.29 is 23.1 Å². The number of rotatable bonds is 5. The maximum atomic E-state index is 14.6. The van der Waals surface area contributed by atoms with Crippen LogP contribution in [0.2, 0.25) is 0 Å². The van der Waals surface area contributed by atoms with Crippen LogP contribution in [0.15, 0.2) is 36.4 Å². The molecule has 1 saturated carbocycles. The summed E-state index contributed by atoms with van der Waals surface area (Å²) in [6.07, 6.45) is 2.88. The van der Waals surface area contributed by atoms with Crippen LogP contribution in [0.5, 0.6) is 0 Å². The van der Waals surface area contributed by atoms with Crippen LogP contribution in [0, 0.1) is 17.5 Å². The first-order valence-electron chi connectivity index (χ1n) is 11.2. The summed E-state index contributed by atoms with van der Waals surface area (Å²) in [4.78, 5) is 17.0. The van der Waals surface area contributed by atoms with Gasteiger partial charge in [0.15, 0.2) is 0 Å². The first kappa shape index (κ1) is 23.2. The molecule has 0 unspecified atom stereocenters. The van der Waals surface area contributed by atoms with Gasteiger partial charge in [0.1, 0.15) is 17.5 Å². The summed E-state index contributed by atoms with van der Waals surface area (Å²) < 4.78 is 42.2. The maximum Gasteiger partial charge on any atom is 0.317 e. The zero-order valence-electron chi connectivity index (χ0n) is 18.7. The summed E-state index contributed by atoms with van der Waals surface area (Å²) in [7, 11) is 1.64. The number of nitrogens with one attached hydrogen (secondary N) is 2. The number of carbonyl (C=O) groups excluding carboxylic acids is 1. The molecule has 1 aromatic heterocycles. The van der Waals surface area contributed by atoms with Crippen LogP contribution in [0.25, 0.3) is 22.2 Å². The Labute approximate surface area is 190 Å². The highest BCUT2D eigenvalue weighted by molar-refractivity contribution is 5.92. The molecular formula is C25H28F3N3O2. The van der Waals surface area contributed by atoms with Gasteiger partial charge >= 0.3 is 6.03 Å². The van der Waals surface area contributed by atoms with E-state index in [1.807, 2.05) is 0 Å². The number of fused-ring (bicyclic) bond motifs is 1. The van der Waals surface area contributed by atoms with E-state index in [1.165, 1.54) is 23.1 Å². The van der Waals surface area contributed by atoms with E-state index in [9.17, 15) is 23.1 Å². The minimum atomic E-state index is -0.665. The van der Waals surface area contributed by atoms with E-state index in [1.54, 1.807) is 26.1 Å². The summed E-state index contributed by atoms with van der Waals surface area (Å²) >= 11 is 0. The number of aromatic nitrogens is 1. The van der Waals surface area contributed by atoms with Gasteiger partial charge < -0.3 is 20.3 Å². The number of halogens is 3. The normalized spacial score (nSPS) is 19.5. The molecule has 8 heteroatoms. The van der Waals surface area contributed by atoms with Gasteiger partial charge in [0, 0.05) is 24.5 Å². The number of H-pyrrole nitrogens is 1. The van der Waals surface area contributed by atoms with Crippen LogP contribution in [0.4, 0.5) is 18.0 Å². The second kappa shape index (κ2) is 9.47. The molecule has 3 N–H and O–H groups in total. The molecule has 0 saturated heterocycles. The predicted molar refractivity (Wildman–Crippen MR) is 121 cm³/mol. The first-order valence-corrected chi connectivity index (χ1v) is 11.2. The predicted octanol–water partition coefficient (Wildman–Crippen LogP) is 5.30. The van der Waals surface area contributed by atoms with Crippen LogP contribution < -0.4 is 5.32 Å². The third kappa shape index (κ3) is 4.71. The number of carbonyl (C=O) groups is 1. The Morgan fingerprint density at radius 2 is 1.79 bits per heavy atom. The average molecular weight is 460 g/mol. The highest BCUT2D eigenvalue weighted by Crippen LogP contribution is 2.43. The van der Waals surface area contributed by atoms with Gasteiger partial charge in [-0.25, -0.2) is 18.0 Å². The maximum absolute atomic E-state index is 14.6. The van der Waals surface area contributed by atoms with Crippen molar-refractivity contribution in [2.75, 3.05) is 13.7 Å². The number of urea groups is 1. The molecule has 0 bridgehead atoms. The van der Waals surface area contributed by atoms with Crippen molar-refractivity contribution >= 4 is 16.9 Å². The average Bonchev–Trinajstić information content (AvgIpc) is 3.18. The molecule has 5 nitrogen and oxygen atoms in total. The highest BCUT2D eigenvalue weighted by Gasteiger charge is 2.29. The molecule has 1 atom stereocenters. The Balaban J connectivity index is 1.60. The van der Waals surface area contributed by atoms with Gasteiger partial charge in [0.05, 0.1) is 23.9 Å². The van der Waals surface area contributed by atoms with Crippen LogP contribution >= 0.6 is 0 Å². The van der Waals surface area contributed by atoms with E-state index in [0.717, 1.165) is 24.5 Å². The molecule has 0 aliphatic heterocycles. The molecule has 33 heavy (non-hydrogen) atoms. The van der Waals surface area contributed by atoms with E-state index in [4.69, 9.17) is 0 Å². The Kier molecular flexibility index (Phi) is 6.65. The number of likely N-dealkylation sites (N-methyl/N-ethyl adjacent to an activating group) is 1. The van der Waals surface area contributed by atoms with Crippen molar-refractivity contribution in [3.8, 4) is 11.3 Å². The summed E-state index contributed by atoms with van der Waals surface area (Å²) in [6.45, 7) is 1.65. The number of amides is 2. The number of aliphatic hydroxyl groups is 1. The lowest BCUT2D eigenvalue weighted by atomic mass is 9.80. The van der Waals surface area contributed by atoms with Gasteiger partial charge in [0.2, 0.25) is 0 Å². The molecule has 3 aromatic rings. The summed E-state index contributed by atoms with van der Waals surface area (Å²) in [5.41, 5.74) is 2.43. The van der Waals surface area contributed by atoms with E-state index >= 15 is 0 Å². The molecule has 1 fully saturated rings. The molecular weight excluding hydrogens is 431 g/mol. The lowest BCUT2D eigenvalue weighted by Crippen LogP contribution is -2.48. The molecule has 4 rings (SSSR count). The topological polar surface area (TPSA) is 68.4 Å². The lowest BCUT2D eigenvalue weighted by Gasteiger charge is -2.32. The molecule has 176 valence electrons. The SMILES string of the molecule is C[C@H](CO)N(C)C(=O)NC1CCC(c2c(-c3ccc(F)cc3)[nH]c3c(F)cc(F)cc23)CC1. The standard InChI is InChI=1S/C25H28F3N3O2/c1-14(13-32)31(2)25(33)29-19-9-5-15(6-10-19)22-20-11-18(27)12-21(28)24(20)30-23(22)16-3-7-17(26)8-4-16/h3-4,7-8,11-12,14-15,19,30,32H,5-6,9-10,13H2,1-2H3,(H,29,33)/t14-,15?,19?/m1/s1. The minimum absolute atomic E-state index is 0.0185. The molecule has 0 spiro atoms. The molecule has 1 aliphatic rings. The number of hydrogen-bond donors (Lipinski definition) is 3. The summed E-state index contributed by atoms with van der Waals surface area (Å²) in [5, 5.41) is 12.8. The molecule has 2 aromatic carbocycles. The third-order valence-corrected chi connectivity index (χ3v) is 6.71. The van der Waals surface area contributed by atoms with Gasteiger partial charge in [-0.1, -0.05) is 0 Å². The number of nitrogens with zero attached hydrogens (tertiary/aromatic N) is 1. The number of aliphatic hydroxyl groups excluding tert-OH is 1. The summed E-state index contributed by atoms with van der Waals surface area (Å²) in [6, 6.07) is 7.61. The van der Waals surface area contributed by atoms with Crippen molar-refractivity contribution in [2.24, 2.45) is 0 Å². The summed E-state index contributed by atoms with van der Waals surface area (Å²) in [5.74, 6) is -1.65. The fourth-order valence-electron chi connectivity index (χ4n) is 4.63. The van der Waals surface area contributed by atoms with Gasteiger partial charge in [-0.05, 0) is 80.0 Å². The molecule has 0 radical (unpaired) electrons. The van der Waals surface area contributed by atoms with Gasteiger partial charge in [-0.15, -0.1) is 0 Å². The minimum Gasteiger partial charge on any atom is -0.394 e. The van der Waals surface area contributed by atoms with E-state index in [0.29, 0.717) is 29.5 Å². The fraction of sp³-hybridized carbons (Fsp3) is 0.400. The van der Waals surface area contributed by atoms with Crippen LogP contribution in [0.3, 0.4) is 0 Å². The first-order chi connectivity index (χ1) is 15.8. The lowest BCUT2D eigenvalue weighted by molar-refractivity contribution is 0.152. The zero-order valence-corrected chi connectivity index (χ0v) is 18.7. The Hall–Kier alpha value is -3.00. The molecule has 1 aliphatic carbocycles. The van der Waals surface area contributed by atoms with Gasteiger partial charge in [-0.2, -0.15) is 0 Å². The molecule has 1 heterocycles. The van der Waals surface area contributed by atoms with E-state index < -0.39 is 11.6 Å². The number of benzene rings is 2. The van der Waals surface area contributed by atoms with E-state index in [2.05, 4.69) is 10.3 Å². The van der Waals surface area contributed by atoms with Crippen LogP contribution in [-0.2, 0) is 0 Å². The second-order valence-electron chi connectivity index (χ2n) is 8.87. The highest BCUT2D eigenvalue weighted by atomic mass is 19.1. The Morgan fingerprint density at radius 3 is 2.42 bits per heavy atom. The zero-order chi connectivity index (χ0) is 23.7. The largest absolute Gasteiger partial charge is 0.394 e. The monoisotopic (exact) mass is 459 g/mol. The van der Waals surface area contributed by atoms with Crippen molar-refractivity contribution in [1.29, 1.82) is 0 Å². The third-order valence-electron chi connectivity index (χ3n) is 6.71.